The number of fused-ring (bicyclic) bond motifs is 1. The topological polar surface area (TPSA) is 38.1 Å². The number of benzene rings is 1. The number of aliphatic imine (C=N–C) groups is 1. The van der Waals surface area contributed by atoms with Gasteiger partial charge in [-0.25, -0.2) is 4.98 Å². The first-order chi connectivity index (χ1) is 10.4. The Morgan fingerprint density at radius 1 is 0.714 bits per heavy atom. The van der Waals surface area contributed by atoms with E-state index >= 15 is 0 Å². The first kappa shape index (κ1) is 12.0. The molecule has 21 heavy (non-hydrogen) atoms. The Balaban J connectivity index is 1.72. The van der Waals surface area contributed by atoms with Crippen LogP contribution < -0.4 is 0 Å². The molecule has 0 fully saturated rings. The Morgan fingerprint density at radius 3 is 2.38 bits per heavy atom. The van der Waals surface area contributed by atoms with Crippen LogP contribution in [0.25, 0.3) is 11.4 Å². The summed E-state index contributed by atoms with van der Waals surface area (Å²) in [6.45, 7) is 0. The molecule has 0 bridgehead atoms. The smallest absolute Gasteiger partial charge is 0.0894 e. The van der Waals surface area contributed by atoms with Gasteiger partial charge in [-0.15, -0.1) is 0 Å². The summed E-state index contributed by atoms with van der Waals surface area (Å²) in [6.07, 6.45) is 2.63. The van der Waals surface area contributed by atoms with E-state index < -0.39 is 0 Å². The molecule has 0 unspecified atom stereocenters. The summed E-state index contributed by atoms with van der Waals surface area (Å²) in [7, 11) is 0. The second-order valence-corrected chi connectivity index (χ2v) is 4.99. The number of hydrogen-bond acceptors (Lipinski definition) is 3. The predicted molar refractivity (Wildman–Crippen MR) is 83.8 cm³/mol. The van der Waals surface area contributed by atoms with Gasteiger partial charge in [0, 0.05) is 12.6 Å². The Labute approximate surface area is 123 Å². The molecule has 0 amide bonds. The molecule has 0 saturated carbocycles. The second kappa shape index (κ2) is 4.94. The lowest BCUT2D eigenvalue weighted by atomic mass is 10.1. The lowest BCUT2D eigenvalue weighted by Gasteiger charge is -2.03. The van der Waals surface area contributed by atoms with Crippen LogP contribution in [0.3, 0.4) is 0 Å². The van der Waals surface area contributed by atoms with E-state index in [4.69, 9.17) is 9.98 Å². The molecule has 1 aliphatic heterocycles. The van der Waals surface area contributed by atoms with E-state index in [9.17, 15) is 0 Å². The summed E-state index contributed by atoms with van der Waals surface area (Å²) in [4.78, 5) is 13.8. The summed E-state index contributed by atoms with van der Waals surface area (Å²) in [5.74, 6) is 0. The van der Waals surface area contributed by atoms with Gasteiger partial charge in [0.25, 0.3) is 0 Å². The fourth-order valence-corrected chi connectivity index (χ4v) is 2.53. The lowest BCUT2D eigenvalue weighted by Crippen LogP contribution is -2.04. The van der Waals surface area contributed by atoms with Gasteiger partial charge in [0.1, 0.15) is 0 Å². The van der Waals surface area contributed by atoms with Crippen molar-refractivity contribution in [3.63, 3.8) is 0 Å². The van der Waals surface area contributed by atoms with Crippen molar-refractivity contribution < 1.29 is 0 Å². The van der Waals surface area contributed by atoms with Crippen molar-refractivity contribution in [2.24, 2.45) is 4.99 Å². The highest BCUT2D eigenvalue weighted by Crippen LogP contribution is 2.28. The van der Waals surface area contributed by atoms with E-state index in [-0.39, 0.29) is 0 Å². The molecule has 0 spiro atoms. The van der Waals surface area contributed by atoms with Crippen molar-refractivity contribution in [1.29, 1.82) is 0 Å². The highest BCUT2D eigenvalue weighted by molar-refractivity contribution is 6.05. The summed E-state index contributed by atoms with van der Waals surface area (Å²) in [5, 5.41) is 0. The normalized spacial score (nSPS) is 12.9. The SMILES string of the molecule is c1ccc(-c2cccc(C3=Nc4ccccc4C3)n2)nc1. The van der Waals surface area contributed by atoms with Crippen LogP contribution in [-0.4, -0.2) is 15.7 Å². The van der Waals surface area contributed by atoms with E-state index in [1.165, 1.54) is 5.56 Å². The number of pyridine rings is 2. The minimum absolute atomic E-state index is 0.842. The molecule has 100 valence electrons. The number of hydrogen-bond donors (Lipinski definition) is 0. The molecule has 4 rings (SSSR count). The fraction of sp³-hybridized carbons (Fsp3) is 0.0556. The number of nitrogens with zero attached hydrogens (tertiary/aromatic N) is 3. The molecule has 0 saturated heterocycles. The molecule has 0 radical (unpaired) electrons. The minimum Gasteiger partial charge on any atom is -0.255 e. The number of para-hydroxylation sites is 1. The van der Waals surface area contributed by atoms with Crippen molar-refractivity contribution in [1.82, 2.24) is 9.97 Å². The Hall–Kier alpha value is -2.81. The van der Waals surface area contributed by atoms with E-state index in [0.717, 1.165) is 34.9 Å². The Kier molecular flexibility index (Phi) is 2.82. The molecule has 2 aromatic heterocycles. The van der Waals surface area contributed by atoms with Crippen LogP contribution in [0, 0.1) is 0 Å². The molecule has 1 aromatic carbocycles. The quantitative estimate of drug-likeness (QED) is 0.710. The molecule has 0 atom stereocenters. The third-order valence-electron chi connectivity index (χ3n) is 3.58. The zero-order valence-electron chi connectivity index (χ0n) is 11.4. The molecule has 3 heterocycles. The third-order valence-corrected chi connectivity index (χ3v) is 3.58. The van der Waals surface area contributed by atoms with Crippen molar-refractivity contribution in [3.05, 3.63) is 78.1 Å². The van der Waals surface area contributed by atoms with E-state index in [1.54, 1.807) is 6.20 Å². The average Bonchev–Trinajstić information content (AvgIpc) is 3.00. The highest BCUT2D eigenvalue weighted by atomic mass is 14.8. The van der Waals surface area contributed by atoms with Crippen LogP contribution in [0.2, 0.25) is 0 Å². The second-order valence-electron chi connectivity index (χ2n) is 4.99. The van der Waals surface area contributed by atoms with Crippen LogP contribution in [0.4, 0.5) is 5.69 Å². The zero-order chi connectivity index (χ0) is 14.1. The van der Waals surface area contributed by atoms with Gasteiger partial charge in [-0.3, -0.25) is 9.98 Å². The maximum atomic E-state index is 4.71. The largest absolute Gasteiger partial charge is 0.255 e. The molecule has 1 aliphatic rings. The van der Waals surface area contributed by atoms with Crippen LogP contribution >= 0.6 is 0 Å². The van der Waals surface area contributed by atoms with Gasteiger partial charge in [-0.05, 0) is 35.9 Å². The molecule has 0 aliphatic carbocycles. The summed E-state index contributed by atoms with van der Waals surface area (Å²) in [5.41, 5.74) is 6.03. The molecule has 3 heteroatoms. The summed E-state index contributed by atoms with van der Waals surface area (Å²) in [6, 6.07) is 20.1. The van der Waals surface area contributed by atoms with Crippen molar-refractivity contribution in [2.45, 2.75) is 6.42 Å². The van der Waals surface area contributed by atoms with Gasteiger partial charge in [-0.2, -0.15) is 0 Å². The van der Waals surface area contributed by atoms with Gasteiger partial charge < -0.3 is 0 Å². The van der Waals surface area contributed by atoms with Gasteiger partial charge in [0.15, 0.2) is 0 Å². The Morgan fingerprint density at radius 2 is 1.52 bits per heavy atom. The average molecular weight is 271 g/mol. The molecule has 3 nitrogen and oxygen atoms in total. The Bertz CT molecular complexity index is 823. The summed E-state index contributed by atoms with van der Waals surface area (Å²) >= 11 is 0. The first-order valence-corrected chi connectivity index (χ1v) is 6.94. The maximum Gasteiger partial charge on any atom is 0.0894 e. The van der Waals surface area contributed by atoms with Crippen LogP contribution in [0.15, 0.2) is 71.9 Å². The van der Waals surface area contributed by atoms with Crippen molar-refractivity contribution in [2.75, 3.05) is 0 Å². The van der Waals surface area contributed by atoms with Crippen LogP contribution in [0.1, 0.15) is 11.3 Å². The fourth-order valence-electron chi connectivity index (χ4n) is 2.53. The van der Waals surface area contributed by atoms with Gasteiger partial charge >= 0.3 is 0 Å². The van der Waals surface area contributed by atoms with Crippen LogP contribution in [-0.2, 0) is 6.42 Å². The van der Waals surface area contributed by atoms with Gasteiger partial charge in [0.05, 0.1) is 28.5 Å². The predicted octanol–water partition coefficient (Wildman–Crippen LogP) is 3.82. The van der Waals surface area contributed by atoms with E-state index in [2.05, 4.69) is 17.1 Å². The maximum absolute atomic E-state index is 4.71. The van der Waals surface area contributed by atoms with Crippen LogP contribution in [0.5, 0.6) is 0 Å². The lowest BCUT2D eigenvalue weighted by molar-refractivity contribution is 1.22. The van der Waals surface area contributed by atoms with Gasteiger partial charge in [-0.1, -0.05) is 30.3 Å². The molecular formula is C18H13N3. The monoisotopic (exact) mass is 271 g/mol. The van der Waals surface area contributed by atoms with Gasteiger partial charge in [0.2, 0.25) is 0 Å². The first-order valence-electron chi connectivity index (χ1n) is 6.94. The van der Waals surface area contributed by atoms with E-state index in [0.29, 0.717) is 0 Å². The highest BCUT2D eigenvalue weighted by Gasteiger charge is 2.16. The van der Waals surface area contributed by atoms with Crippen molar-refractivity contribution in [3.8, 4) is 11.4 Å². The molecular weight excluding hydrogens is 258 g/mol. The standard InChI is InChI=1S/C18H13N3/c1-2-7-14-13(6-1)12-18(20-14)17-10-5-9-16(21-17)15-8-3-4-11-19-15/h1-11H,12H2. The zero-order valence-corrected chi connectivity index (χ0v) is 11.4. The molecule has 3 aromatic rings. The number of rotatable bonds is 2. The number of aromatic nitrogens is 2. The minimum atomic E-state index is 0.842. The van der Waals surface area contributed by atoms with Crippen molar-refractivity contribution >= 4 is 11.4 Å². The van der Waals surface area contributed by atoms with E-state index in [1.807, 2.05) is 48.5 Å². The third kappa shape index (κ3) is 2.23. The molecule has 0 N–H and O–H groups in total. The summed E-state index contributed by atoms with van der Waals surface area (Å²) < 4.78 is 0.